The van der Waals surface area contributed by atoms with Gasteiger partial charge in [-0.2, -0.15) is 0 Å². The Hall–Kier alpha value is -2.96. The molecule has 1 aromatic carbocycles. The minimum atomic E-state index is -3.90. The number of hydrogen-bond acceptors (Lipinski definition) is 7. The first kappa shape index (κ1) is 23.3. The van der Waals surface area contributed by atoms with E-state index in [4.69, 9.17) is 4.42 Å². The molecule has 164 valence electrons. The van der Waals surface area contributed by atoms with Gasteiger partial charge < -0.3 is 20.2 Å². The molecule has 0 fully saturated rings. The van der Waals surface area contributed by atoms with Crippen molar-refractivity contribution in [2.75, 3.05) is 26.2 Å². The van der Waals surface area contributed by atoms with Crippen LogP contribution in [0.15, 0.2) is 57.0 Å². The first-order valence-corrected chi connectivity index (χ1v) is 10.7. The van der Waals surface area contributed by atoms with Crippen molar-refractivity contribution in [2.24, 2.45) is 4.99 Å². The zero-order chi connectivity index (χ0) is 22.2. The predicted octanol–water partition coefficient (Wildman–Crippen LogP) is 0.929. The van der Waals surface area contributed by atoms with Crippen LogP contribution in [0.5, 0.6) is 0 Å². The summed E-state index contributed by atoms with van der Waals surface area (Å²) in [6.07, 6.45) is 1.46. The quantitative estimate of drug-likeness (QED) is 0.140. The van der Waals surface area contributed by atoms with Gasteiger partial charge in [0, 0.05) is 31.8 Å². The van der Waals surface area contributed by atoms with Gasteiger partial charge >= 0.3 is 0 Å². The van der Waals surface area contributed by atoms with Gasteiger partial charge in [0.1, 0.15) is 11.4 Å². The number of aliphatic hydroxyl groups is 1. The van der Waals surface area contributed by atoms with Crippen LogP contribution in [0, 0.1) is 10.1 Å². The van der Waals surface area contributed by atoms with Crippen LogP contribution in [0.25, 0.3) is 0 Å². The van der Waals surface area contributed by atoms with Crippen molar-refractivity contribution in [3.8, 4) is 0 Å². The first-order valence-electron chi connectivity index (χ1n) is 9.18. The number of nitro groups is 1. The highest BCUT2D eigenvalue weighted by Crippen LogP contribution is 2.21. The molecule has 2 rings (SSSR count). The zero-order valence-corrected chi connectivity index (χ0v) is 17.5. The van der Waals surface area contributed by atoms with Gasteiger partial charge in [0.25, 0.3) is 5.69 Å². The van der Waals surface area contributed by atoms with Gasteiger partial charge in [0.2, 0.25) is 10.0 Å². The van der Waals surface area contributed by atoms with E-state index < -0.39 is 20.5 Å². The number of nitro benzene ring substituents is 1. The van der Waals surface area contributed by atoms with Crippen molar-refractivity contribution in [2.45, 2.75) is 24.3 Å². The molecule has 0 saturated carbocycles. The van der Waals surface area contributed by atoms with Crippen LogP contribution in [0.3, 0.4) is 0 Å². The molecule has 4 N–H and O–H groups in total. The lowest BCUT2D eigenvalue weighted by atomic mass is 10.0. The lowest BCUT2D eigenvalue weighted by Crippen LogP contribution is -2.42. The second-order valence-corrected chi connectivity index (χ2v) is 8.29. The predicted molar refractivity (Wildman–Crippen MR) is 111 cm³/mol. The summed E-state index contributed by atoms with van der Waals surface area (Å²) in [6.45, 7) is 4.25. The van der Waals surface area contributed by atoms with Crippen LogP contribution in [0.4, 0.5) is 5.69 Å². The molecule has 30 heavy (non-hydrogen) atoms. The van der Waals surface area contributed by atoms with Crippen LogP contribution in [-0.4, -0.2) is 50.6 Å². The molecule has 12 heteroatoms. The average molecular weight is 439 g/mol. The van der Waals surface area contributed by atoms with E-state index in [1.165, 1.54) is 24.5 Å². The molecule has 0 bridgehead atoms. The molecule has 0 spiro atoms. The largest absolute Gasteiger partial charge is 0.466 e. The number of nitrogens with one attached hydrogen (secondary N) is 3. The number of hydrogen-bond donors (Lipinski definition) is 4. The van der Waals surface area contributed by atoms with Gasteiger partial charge in [-0.3, -0.25) is 10.1 Å². The summed E-state index contributed by atoms with van der Waals surface area (Å²) in [5.74, 6) is 0.769. The normalized spacial score (nSPS) is 14.2. The fourth-order valence-electron chi connectivity index (χ4n) is 2.45. The van der Waals surface area contributed by atoms with E-state index in [2.05, 4.69) is 20.3 Å². The topological polar surface area (TPSA) is 159 Å². The monoisotopic (exact) mass is 439 g/mol. The van der Waals surface area contributed by atoms with Crippen molar-refractivity contribution < 1.29 is 22.9 Å². The Balaban J connectivity index is 1.92. The van der Waals surface area contributed by atoms with Gasteiger partial charge in [-0.25, -0.2) is 18.1 Å². The van der Waals surface area contributed by atoms with Gasteiger partial charge in [0.15, 0.2) is 5.96 Å². The number of sulfonamides is 1. The molecular formula is C18H25N5O6S. The lowest BCUT2D eigenvalue weighted by Gasteiger charge is -2.19. The Bertz CT molecular complexity index is 973. The lowest BCUT2D eigenvalue weighted by molar-refractivity contribution is -0.385. The van der Waals surface area contributed by atoms with E-state index in [9.17, 15) is 23.6 Å². The molecule has 0 aliphatic carbocycles. The van der Waals surface area contributed by atoms with Gasteiger partial charge in [-0.05, 0) is 32.0 Å². The highest BCUT2D eigenvalue weighted by atomic mass is 32.2. The highest BCUT2D eigenvalue weighted by molar-refractivity contribution is 7.89. The summed E-state index contributed by atoms with van der Waals surface area (Å²) in [7, 11) is -3.90. The number of guanidine groups is 1. The van der Waals surface area contributed by atoms with E-state index in [0.29, 0.717) is 18.3 Å². The van der Waals surface area contributed by atoms with E-state index in [0.717, 1.165) is 6.07 Å². The highest BCUT2D eigenvalue weighted by Gasteiger charge is 2.26. The van der Waals surface area contributed by atoms with E-state index in [1.54, 1.807) is 19.1 Å². The molecule has 1 heterocycles. The molecule has 0 radical (unpaired) electrons. The van der Waals surface area contributed by atoms with E-state index in [1.807, 2.05) is 6.92 Å². The second-order valence-electron chi connectivity index (χ2n) is 6.53. The molecule has 1 atom stereocenters. The molecule has 0 saturated heterocycles. The number of furan rings is 1. The summed E-state index contributed by atoms with van der Waals surface area (Å²) in [4.78, 5) is 14.3. The Morgan fingerprint density at radius 1 is 1.27 bits per heavy atom. The Morgan fingerprint density at radius 3 is 2.67 bits per heavy atom. The van der Waals surface area contributed by atoms with Gasteiger partial charge in [-0.15, -0.1) is 0 Å². The minimum Gasteiger partial charge on any atom is -0.466 e. The molecule has 0 aliphatic rings. The molecular weight excluding hydrogens is 414 g/mol. The Labute approximate surface area is 174 Å². The van der Waals surface area contributed by atoms with Gasteiger partial charge in [-0.1, -0.05) is 6.07 Å². The number of aliphatic imine (C=N–C) groups is 1. The van der Waals surface area contributed by atoms with Crippen molar-refractivity contribution in [1.82, 2.24) is 15.4 Å². The molecule has 1 aromatic heterocycles. The van der Waals surface area contributed by atoms with Crippen molar-refractivity contribution >= 4 is 21.7 Å². The van der Waals surface area contributed by atoms with Crippen LogP contribution in [-0.2, 0) is 15.6 Å². The van der Waals surface area contributed by atoms with E-state index >= 15 is 0 Å². The van der Waals surface area contributed by atoms with Crippen LogP contribution in [0.2, 0.25) is 0 Å². The number of benzene rings is 1. The maximum atomic E-state index is 12.3. The van der Waals surface area contributed by atoms with Crippen LogP contribution >= 0.6 is 0 Å². The summed E-state index contributed by atoms with van der Waals surface area (Å²) in [5.41, 5.74) is -1.60. The Morgan fingerprint density at radius 2 is 2.03 bits per heavy atom. The fourth-order valence-corrected chi connectivity index (χ4v) is 3.52. The first-order chi connectivity index (χ1) is 14.2. The zero-order valence-electron chi connectivity index (χ0n) is 16.7. The molecule has 2 aromatic rings. The fraction of sp³-hybridized carbons (Fsp3) is 0.389. The maximum absolute atomic E-state index is 12.3. The average Bonchev–Trinajstić information content (AvgIpc) is 3.25. The Kier molecular flexibility index (Phi) is 7.92. The molecule has 0 aliphatic heterocycles. The summed E-state index contributed by atoms with van der Waals surface area (Å²) < 4.78 is 32.2. The second kappa shape index (κ2) is 10.2. The van der Waals surface area contributed by atoms with Crippen molar-refractivity contribution in [3.63, 3.8) is 0 Å². The molecule has 1 unspecified atom stereocenters. The standard InChI is InChI=1S/C18H25N5O6S/c1-3-19-17(21-13-18(2,24)16-8-5-11-29-16)20-9-10-22-30(27,28)15-7-4-6-14(12-15)23(25)26/h4-8,11-12,22,24H,3,9-10,13H2,1-2H3,(H2,19,20,21). The van der Waals surface area contributed by atoms with Crippen molar-refractivity contribution in [1.29, 1.82) is 0 Å². The maximum Gasteiger partial charge on any atom is 0.270 e. The molecule has 0 amide bonds. The van der Waals surface area contributed by atoms with E-state index in [-0.39, 0.29) is 30.2 Å². The summed E-state index contributed by atoms with van der Waals surface area (Å²) >= 11 is 0. The SMILES string of the molecule is CCNC(=NCC(C)(O)c1ccco1)NCCNS(=O)(=O)c1cccc([N+](=O)[O-])c1. The van der Waals surface area contributed by atoms with Crippen LogP contribution < -0.4 is 15.4 Å². The molecule has 11 nitrogen and oxygen atoms in total. The third-order valence-corrected chi connectivity index (χ3v) is 5.45. The van der Waals surface area contributed by atoms with Crippen molar-refractivity contribution in [3.05, 3.63) is 58.5 Å². The smallest absolute Gasteiger partial charge is 0.270 e. The minimum absolute atomic E-state index is 0.0179. The number of non-ortho nitro benzene ring substituents is 1. The van der Waals surface area contributed by atoms with Crippen LogP contribution in [0.1, 0.15) is 19.6 Å². The van der Waals surface area contributed by atoms with Gasteiger partial charge in [0.05, 0.1) is 22.6 Å². The number of rotatable bonds is 10. The number of nitrogens with zero attached hydrogens (tertiary/aromatic N) is 2. The summed E-state index contributed by atoms with van der Waals surface area (Å²) in [5, 5.41) is 27.2. The summed E-state index contributed by atoms with van der Waals surface area (Å²) in [6, 6.07) is 8.13. The third-order valence-electron chi connectivity index (χ3n) is 3.99. The third kappa shape index (κ3) is 6.54.